The van der Waals surface area contributed by atoms with Crippen LogP contribution in [0.5, 0.6) is 11.5 Å². The van der Waals surface area contributed by atoms with Gasteiger partial charge in [-0.15, -0.1) is 0 Å². The van der Waals surface area contributed by atoms with Crippen LogP contribution in [0.1, 0.15) is 26.4 Å². The van der Waals surface area contributed by atoms with Gasteiger partial charge in [0.15, 0.2) is 16.9 Å². The van der Waals surface area contributed by atoms with Crippen LogP contribution in [-0.2, 0) is 11.3 Å². The largest absolute Gasteiger partial charge is 0.493 e. The summed E-state index contributed by atoms with van der Waals surface area (Å²) in [5, 5.41) is 3.43. The van der Waals surface area contributed by atoms with Gasteiger partial charge in [0.1, 0.15) is 5.69 Å². The Labute approximate surface area is 211 Å². The molecule has 0 bridgehead atoms. The van der Waals surface area contributed by atoms with Crippen LogP contribution in [-0.4, -0.2) is 38.2 Å². The predicted octanol–water partition coefficient (Wildman–Crippen LogP) is 4.58. The van der Waals surface area contributed by atoms with Crippen molar-refractivity contribution in [3.63, 3.8) is 0 Å². The maximum atomic E-state index is 13.5. The third kappa shape index (κ3) is 4.63. The van der Waals surface area contributed by atoms with Gasteiger partial charge in [-0.2, -0.15) is 0 Å². The summed E-state index contributed by atoms with van der Waals surface area (Å²) < 4.78 is 15.4. The lowest BCUT2D eigenvalue weighted by Gasteiger charge is -2.15. The number of hydrogen-bond acceptors (Lipinski definition) is 6. The minimum absolute atomic E-state index is 0.0597. The summed E-state index contributed by atoms with van der Waals surface area (Å²) in [4.78, 5) is 42.1. The number of H-pyrrole nitrogens is 1. The van der Waals surface area contributed by atoms with Gasteiger partial charge in [0.25, 0.3) is 5.91 Å². The molecule has 2 N–H and O–H groups in total. The van der Waals surface area contributed by atoms with Crippen molar-refractivity contribution in [1.82, 2.24) is 10.3 Å². The molecular formula is C27H23ClN2O6. The van der Waals surface area contributed by atoms with E-state index in [9.17, 15) is 14.4 Å². The molecule has 4 rings (SSSR count). The van der Waals surface area contributed by atoms with Crippen molar-refractivity contribution in [2.45, 2.75) is 6.54 Å². The molecule has 0 aliphatic heterocycles. The second-order valence-electron chi connectivity index (χ2n) is 7.76. The number of pyridine rings is 1. The Morgan fingerprint density at radius 3 is 2.33 bits per heavy atom. The Hall–Kier alpha value is -4.30. The molecule has 4 aromatic rings. The maximum absolute atomic E-state index is 13.5. The number of halogens is 1. The third-order valence-electron chi connectivity index (χ3n) is 5.75. The number of carbonyl (C=O) groups excluding carboxylic acids is 2. The highest BCUT2D eigenvalue weighted by molar-refractivity contribution is 6.35. The number of hydrogen-bond donors (Lipinski definition) is 2. The van der Waals surface area contributed by atoms with Gasteiger partial charge < -0.3 is 24.5 Å². The minimum atomic E-state index is -0.747. The zero-order chi connectivity index (χ0) is 25.8. The molecule has 184 valence electrons. The van der Waals surface area contributed by atoms with Crippen molar-refractivity contribution in [1.29, 1.82) is 0 Å². The summed E-state index contributed by atoms with van der Waals surface area (Å²) >= 11 is 6.50. The van der Waals surface area contributed by atoms with E-state index in [1.165, 1.54) is 27.4 Å². The zero-order valence-corrected chi connectivity index (χ0v) is 20.6. The summed E-state index contributed by atoms with van der Waals surface area (Å²) in [6.45, 7) is -0.216. The number of methoxy groups -OCH3 is 3. The van der Waals surface area contributed by atoms with Gasteiger partial charge in [-0.1, -0.05) is 41.9 Å². The molecule has 0 saturated heterocycles. The van der Waals surface area contributed by atoms with Crippen molar-refractivity contribution < 1.29 is 23.8 Å². The van der Waals surface area contributed by atoms with Gasteiger partial charge in [-0.25, -0.2) is 4.79 Å². The molecule has 0 radical (unpaired) electrons. The highest BCUT2D eigenvalue weighted by Gasteiger charge is 2.22. The molecular weight excluding hydrogens is 484 g/mol. The average molecular weight is 507 g/mol. The van der Waals surface area contributed by atoms with E-state index in [2.05, 4.69) is 10.3 Å². The number of aromatic amines is 1. The smallest absolute Gasteiger partial charge is 0.354 e. The number of esters is 1. The van der Waals surface area contributed by atoms with Crippen LogP contribution in [0.3, 0.4) is 0 Å². The summed E-state index contributed by atoms with van der Waals surface area (Å²) in [6, 6.07) is 17.2. The zero-order valence-electron chi connectivity index (χ0n) is 19.8. The molecule has 0 fully saturated rings. The predicted molar refractivity (Wildman–Crippen MR) is 137 cm³/mol. The lowest BCUT2D eigenvalue weighted by atomic mass is 9.99. The monoisotopic (exact) mass is 506 g/mol. The third-order valence-corrected chi connectivity index (χ3v) is 6.06. The van der Waals surface area contributed by atoms with Crippen LogP contribution in [0, 0.1) is 0 Å². The van der Waals surface area contributed by atoms with Crippen molar-refractivity contribution in [3.8, 4) is 22.6 Å². The SMILES string of the molecule is COC(=O)c1[nH]c2c(-c3ccccc3)c(Cl)ccc2c(=O)c1CNC(=O)c1ccc(OC)c(OC)c1. The van der Waals surface area contributed by atoms with E-state index in [1.807, 2.05) is 30.3 Å². The first-order valence-electron chi connectivity index (χ1n) is 10.9. The molecule has 9 heteroatoms. The molecule has 0 aliphatic rings. The Morgan fingerprint density at radius 1 is 0.944 bits per heavy atom. The molecule has 0 aliphatic carbocycles. The number of benzene rings is 3. The number of amides is 1. The standard InChI is InChI=1S/C27H23ClN2O6/c1-34-20-12-9-16(13-21(20)35-2)26(32)29-14-18-24(27(33)36-3)30-23-17(25(18)31)10-11-19(28)22(23)15-7-5-4-6-8-15/h4-13H,14H2,1-3H3,(H,29,32)(H,30,31). The molecule has 1 aromatic heterocycles. The van der Waals surface area contributed by atoms with Gasteiger partial charge in [0.05, 0.1) is 37.4 Å². The number of ether oxygens (including phenoxy) is 3. The van der Waals surface area contributed by atoms with E-state index in [-0.39, 0.29) is 17.8 Å². The van der Waals surface area contributed by atoms with Crippen LogP contribution in [0.25, 0.3) is 22.0 Å². The van der Waals surface area contributed by atoms with Crippen molar-refractivity contribution >= 4 is 34.4 Å². The molecule has 8 nitrogen and oxygen atoms in total. The fourth-order valence-corrected chi connectivity index (χ4v) is 4.22. The van der Waals surface area contributed by atoms with E-state index < -0.39 is 17.3 Å². The lowest BCUT2D eigenvalue weighted by Crippen LogP contribution is -2.29. The number of aromatic nitrogens is 1. The normalized spacial score (nSPS) is 10.7. The Morgan fingerprint density at radius 2 is 1.67 bits per heavy atom. The van der Waals surface area contributed by atoms with Gasteiger partial charge >= 0.3 is 5.97 Å². The van der Waals surface area contributed by atoms with Crippen molar-refractivity contribution in [3.05, 3.63) is 92.7 Å². The molecule has 1 amide bonds. The fourth-order valence-electron chi connectivity index (χ4n) is 3.95. The van der Waals surface area contributed by atoms with Crippen LogP contribution in [0.15, 0.2) is 65.5 Å². The number of carbonyl (C=O) groups is 2. The first-order valence-corrected chi connectivity index (χ1v) is 11.3. The van der Waals surface area contributed by atoms with Crippen LogP contribution in [0.4, 0.5) is 0 Å². The first kappa shape index (κ1) is 24.8. The molecule has 0 atom stereocenters. The summed E-state index contributed by atoms with van der Waals surface area (Å²) in [5.74, 6) is -0.356. The second-order valence-corrected chi connectivity index (χ2v) is 8.17. The van der Waals surface area contributed by atoms with E-state index in [1.54, 1.807) is 24.3 Å². The lowest BCUT2D eigenvalue weighted by molar-refractivity contribution is 0.0592. The highest BCUT2D eigenvalue weighted by atomic mass is 35.5. The minimum Gasteiger partial charge on any atom is -0.493 e. The Kier molecular flexibility index (Phi) is 7.26. The Bertz CT molecular complexity index is 1510. The van der Waals surface area contributed by atoms with Crippen LogP contribution in [0.2, 0.25) is 5.02 Å². The summed E-state index contributed by atoms with van der Waals surface area (Å²) in [5.41, 5.74) is 1.61. The van der Waals surface area contributed by atoms with Crippen molar-refractivity contribution in [2.75, 3.05) is 21.3 Å². The van der Waals surface area contributed by atoms with Gasteiger partial charge in [-0.3, -0.25) is 9.59 Å². The van der Waals surface area contributed by atoms with Gasteiger partial charge in [0, 0.05) is 23.1 Å². The van der Waals surface area contributed by atoms with Crippen LogP contribution < -0.4 is 20.2 Å². The summed E-state index contributed by atoms with van der Waals surface area (Å²) in [7, 11) is 4.17. The van der Waals surface area contributed by atoms with E-state index >= 15 is 0 Å². The molecule has 0 saturated carbocycles. The number of nitrogens with one attached hydrogen (secondary N) is 2. The van der Waals surface area contributed by atoms with Crippen molar-refractivity contribution in [2.24, 2.45) is 0 Å². The number of fused-ring (bicyclic) bond motifs is 1. The van der Waals surface area contributed by atoms with E-state index in [0.29, 0.717) is 38.6 Å². The second kappa shape index (κ2) is 10.5. The summed E-state index contributed by atoms with van der Waals surface area (Å²) in [6.07, 6.45) is 0. The van der Waals surface area contributed by atoms with Crippen LogP contribution >= 0.6 is 11.6 Å². The molecule has 3 aromatic carbocycles. The topological polar surface area (TPSA) is 107 Å². The maximum Gasteiger partial charge on any atom is 0.354 e. The Balaban J connectivity index is 1.78. The number of rotatable bonds is 7. The average Bonchev–Trinajstić information content (AvgIpc) is 2.91. The fraction of sp³-hybridized carbons (Fsp3) is 0.148. The molecule has 0 unspecified atom stereocenters. The molecule has 36 heavy (non-hydrogen) atoms. The quantitative estimate of drug-likeness (QED) is 0.355. The molecule has 1 heterocycles. The molecule has 0 spiro atoms. The van der Waals surface area contributed by atoms with E-state index in [4.69, 9.17) is 25.8 Å². The van der Waals surface area contributed by atoms with Gasteiger partial charge in [-0.05, 0) is 35.9 Å². The van der Waals surface area contributed by atoms with Gasteiger partial charge in [0.2, 0.25) is 0 Å². The van der Waals surface area contributed by atoms with E-state index in [0.717, 1.165) is 5.56 Å². The highest BCUT2D eigenvalue weighted by Crippen LogP contribution is 2.34. The first-order chi connectivity index (χ1) is 17.4.